The van der Waals surface area contributed by atoms with E-state index < -0.39 is 6.10 Å². The predicted molar refractivity (Wildman–Crippen MR) is 96.7 cm³/mol. The molecule has 3 aliphatic heterocycles. The quantitative estimate of drug-likeness (QED) is 0.790. The first-order chi connectivity index (χ1) is 12.9. The van der Waals surface area contributed by atoms with E-state index in [2.05, 4.69) is 10.5 Å². The number of nitrogens with one attached hydrogen (secondary N) is 1. The number of likely N-dealkylation sites (tertiary alicyclic amines) is 2. The van der Waals surface area contributed by atoms with Gasteiger partial charge >= 0.3 is 0 Å². The molecule has 2 N–H and O–H groups in total. The molecule has 0 aromatic carbocycles. The second kappa shape index (κ2) is 6.91. The van der Waals surface area contributed by atoms with Crippen LogP contribution in [0.25, 0.3) is 0 Å². The van der Waals surface area contributed by atoms with Crippen molar-refractivity contribution >= 4 is 11.8 Å². The summed E-state index contributed by atoms with van der Waals surface area (Å²) < 4.78 is 5.22. The van der Waals surface area contributed by atoms with Gasteiger partial charge < -0.3 is 24.7 Å². The lowest BCUT2D eigenvalue weighted by Gasteiger charge is -2.39. The number of aryl methyl sites for hydroxylation is 2. The molecule has 148 valence electrons. The van der Waals surface area contributed by atoms with Gasteiger partial charge in [0.2, 0.25) is 11.8 Å². The summed E-state index contributed by atoms with van der Waals surface area (Å²) in [5.41, 5.74) is 1.81. The highest BCUT2D eigenvalue weighted by molar-refractivity contribution is 5.83. The van der Waals surface area contributed by atoms with Crippen LogP contribution in [0.2, 0.25) is 0 Å². The number of carbonyl (C=O) groups is 2. The van der Waals surface area contributed by atoms with Crippen LogP contribution in [-0.4, -0.2) is 70.2 Å². The second-order valence-electron chi connectivity index (χ2n) is 8.40. The number of β-amino-alcohol motifs (C(OH)–C–C–N with tert-alkyl or cyclic N) is 1. The number of carbonyl (C=O) groups excluding carboxylic acids is 2. The molecular weight excluding hydrogens is 348 g/mol. The SMILES string of the molecule is Cc1noc(C)c1CN1CC2(CCN(C(=O)[C@H]3C[C@H](O)CN3)CC2)CC1=O. The van der Waals surface area contributed by atoms with Gasteiger partial charge in [-0.25, -0.2) is 0 Å². The molecule has 1 aromatic heterocycles. The summed E-state index contributed by atoms with van der Waals surface area (Å²) in [6, 6.07) is -0.268. The van der Waals surface area contributed by atoms with Crippen LogP contribution in [0.5, 0.6) is 0 Å². The summed E-state index contributed by atoms with van der Waals surface area (Å²) in [6.45, 7) is 6.91. The first-order valence-corrected chi connectivity index (χ1v) is 9.77. The van der Waals surface area contributed by atoms with Crippen LogP contribution in [0.1, 0.15) is 42.7 Å². The van der Waals surface area contributed by atoms with Crippen LogP contribution >= 0.6 is 0 Å². The van der Waals surface area contributed by atoms with Crippen LogP contribution in [-0.2, 0) is 16.1 Å². The van der Waals surface area contributed by atoms with Crippen LogP contribution in [0.3, 0.4) is 0 Å². The lowest BCUT2D eigenvalue weighted by Crippen LogP contribution is -2.49. The summed E-state index contributed by atoms with van der Waals surface area (Å²) in [7, 11) is 0. The van der Waals surface area contributed by atoms with Gasteiger partial charge in [0.15, 0.2) is 0 Å². The molecule has 2 atom stereocenters. The lowest BCUT2D eigenvalue weighted by molar-refractivity contribution is -0.135. The van der Waals surface area contributed by atoms with Crippen molar-refractivity contribution < 1.29 is 19.2 Å². The van der Waals surface area contributed by atoms with Crippen molar-refractivity contribution in [3.8, 4) is 0 Å². The van der Waals surface area contributed by atoms with Gasteiger partial charge in [0.1, 0.15) is 5.76 Å². The molecule has 2 amide bonds. The van der Waals surface area contributed by atoms with Gasteiger partial charge in [-0.15, -0.1) is 0 Å². The van der Waals surface area contributed by atoms with Gasteiger partial charge in [0, 0.05) is 43.6 Å². The molecule has 3 aliphatic rings. The largest absolute Gasteiger partial charge is 0.392 e. The molecule has 0 unspecified atom stereocenters. The molecule has 1 aromatic rings. The number of aliphatic hydroxyl groups is 1. The average molecular weight is 376 g/mol. The third kappa shape index (κ3) is 3.48. The third-order valence-electron chi connectivity index (χ3n) is 6.48. The van der Waals surface area contributed by atoms with E-state index in [0.717, 1.165) is 36.4 Å². The van der Waals surface area contributed by atoms with Gasteiger partial charge in [0.25, 0.3) is 0 Å². The molecule has 27 heavy (non-hydrogen) atoms. The molecule has 4 rings (SSSR count). The van der Waals surface area contributed by atoms with E-state index in [1.165, 1.54) is 0 Å². The molecule has 8 heteroatoms. The Bertz CT molecular complexity index is 719. The number of nitrogens with zero attached hydrogens (tertiary/aromatic N) is 3. The highest BCUT2D eigenvalue weighted by Gasteiger charge is 2.46. The first kappa shape index (κ1) is 18.4. The Balaban J connectivity index is 1.36. The normalized spacial score (nSPS) is 27.7. The number of aromatic nitrogens is 1. The fourth-order valence-corrected chi connectivity index (χ4v) is 4.71. The highest BCUT2D eigenvalue weighted by atomic mass is 16.5. The van der Waals surface area contributed by atoms with Crippen molar-refractivity contribution in [3.63, 3.8) is 0 Å². The maximum Gasteiger partial charge on any atom is 0.239 e. The van der Waals surface area contributed by atoms with Crippen LogP contribution in [0, 0.1) is 19.3 Å². The van der Waals surface area contributed by atoms with E-state index in [0.29, 0.717) is 39.0 Å². The molecule has 3 fully saturated rings. The van der Waals surface area contributed by atoms with Gasteiger partial charge in [-0.1, -0.05) is 5.16 Å². The number of aliphatic hydroxyl groups excluding tert-OH is 1. The standard InChI is InChI=1S/C19H28N4O4/c1-12-15(13(2)27-21-12)10-23-11-19(8-17(23)25)3-5-22(6-4-19)18(26)16-7-14(24)9-20-16/h14,16,20,24H,3-11H2,1-2H3/t14-,16+/m0/s1. The fraction of sp³-hybridized carbons (Fsp3) is 0.737. The first-order valence-electron chi connectivity index (χ1n) is 9.77. The maximum atomic E-state index is 12.6. The molecule has 8 nitrogen and oxygen atoms in total. The van der Waals surface area contributed by atoms with Crippen molar-refractivity contribution in [1.82, 2.24) is 20.3 Å². The van der Waals surface area contributed by atoms with E-state index in [9.17, 15) is 14.7 Å². The Labute approximate surface area is 158 Å². The second-order valence-corrected chi connectivity index (χ2v) is 8.40. The number of hydrogen-bond donors (Lipinski definition) is 2. The number of rotatable bonds is 3. The Kier molecular flexibility index (Phi) is 4.71. The minimum atomic E-state index is -0.430. The molecule has 1 spiro atoms. The minimum Gasteiger partial charge on any atom is -0.392 e. The van der Waals surface area contributed by atoms with Crippen LogP contribution in [0.4, 0.5) is 0 Å². The summed E-state index contributed by atoms with van der Waals surface area (Å²) in [5.74, 6) is 1.03. The third-order valence-corrected chi connectivity index (χ3v) is 6.48. The van der Waals surface area contributed by atoms with Crippen LogP contribution < -0.4 is 5.32 Å². The summed E-state index contributed by atoms with van der Waals surface area (Å²) in [6.07, 6.45) is 2.30. The van der Waals surface area contributed by atoms with Gasteiger partial charge in [-0.3, -0.25) is 9.59 Å². The average Bonchev–Trinajstić information content (AvgIpc) is 3.30. The fourth-order valence-electron chi connectivity index (χ4n) is 4.71. The Morgan fingerprint density at radius 3 is 2.70 bits per heavy atom. The van der Waals surface area contributed by atoms with E-state index in [4.69, 9.17) is 4.52 Å². The van der Waals surface area contributed by atoms with Crippen molar-refractivity contribution in [3.05, 3.63) is 17.0 Å². The maximum absolute atomic E-state index is 12.6. The summed E-state index contributed by atoms with van der Waals surface area (Å²) >= 11 is 0. The van der Waals surface area contributed by atoms with Crippen molar-refractivity contribution in [2.24, 2.45) is 5.41 Å². The zero-order valence-electron chi connectivity index (χ0n) is 16.0. The molecule has 3 saturated heterocycles. The summed E-state index contributed by atoms with van der Waals surface area (Å²) in [5, 5.41) is 16.7. The van der Waals surface area contributed by atoms with Crippen molar-refractivity contribution in [1.29, 1.82) is 0 Å². The number of piperidine rings is 1. The van der Waals surface area contributed by atoms with E-state index in [1.54, 1.807) is 0 Å². The lowest BCUT2D eigenvalue weighted by atomic mass is 9.77. The molecule has 0 bridgehead atoms. The van der Waals surface area contributed by atoms with Gasteiger partial charge in [0.05, 0.1) is 24.4 Å². The Hall–Kier alpha value is -1.93. The van der Waals surface area contributed by atoms with Gasteiger partial charge in [-0.2, -0.15) is 0 Å². The monoisotopic (exact) mass is 376 g/mol. The number of hydrogen-bond acceptors (Lipinski definition) is 6. The van der Waals surface area contributed by atoms with Crippen LogP contribution in [0.15, 0.2) is 4.52 Å². The zero-order valence-corrected chi connectivity index (χ0v) is 16.0. The molecule has 0 aliphatic carbocycles. The molecule has 4 heterocycles. The predicted octanol–water partition coefficient (Wildman–Crippen LogP) is 0.355. The van der Waals surface area contributed by atoms with E-state index in [1.807, 2.05) is 23.6 Å². The summed E-state index contributed by atoms with van der Waals surface area (Å²) in [4.78, 5) is 29.0. The Morgan fingerprint density at radius 2 is 2.11 bits per heavy atom. The number of amides is 2. The van der Waals surface area contributed by atoms with Gasteiger partial charge in [-0.05, 0) is 33.1 Å². The van der Waals surface area contributed by atoms with Crippen molar-refractivity contribution in [2.45, 2.75) is 58.2 Å². The molecular formula is C19H28N4O4. The topological polar surface area (TPSA) is 98.9 Å². The molecule has 0 radical (unpaired) electrons. The highest BCUT2D eigenvalue weighted by Crippen LogP contribution is 2.42. The zero-order chi connectivity index (χ0) is 19.2. The molecule has 0 saturated carbocycles. The smallest absolute Gasteiger partial charge is 0.239 e. The van der Waals surface area contributed by atoms with E-state index >= 15 is 0 Å². The van der Waals surface area contributed by atoms with E-state index in [-0.39, 0.29) is 23.3 Å². The van der Waals surface area contributed by atoms with Crippen molar-refractivity contribution in [2.75, 3.05) is 26.2 Å². The minimum absolute atomic E-state index is 0.0323. The Morgan fingerprint density at radius 1 is 1.37 bits per heavy atom.